The Hall–Kier alpha value is -0.680. The zero-order valence-electron chi connectivity index (χ0n) is 9.94. The molecule has 1 aromatic rings. The van der Waals surface area contributed by atoms with Crippen LogP contribution in [0.3, 0.4) is 0 Å². The number of ether oxygens (including phenoxy) is 1. The van der Waals surface area contributed by atoms with Crippen molar-refractivity contribution < 1.29 is 4.74 Å². The molecule has 1 aliphatic heterocycles. The number of hydrogen-bond donors (Lipinski definition) is 2. The van der Waals surface area contributed by atoms with Gasteiger partial charge in [0.05, 0.1) is 18.5 Å². The molecule has 1 saturated heterocycles. The van der Waals surface area contributed by atoms with Gasteiger partial charge in [-0.25, -0.2) is 0 Å². The molecule has 1 aliphatic rings. The molecule has 0 saturated carbocycles. The minimum Gasteiger partial charge on any atom is -0.497 e. The average molecular weight is 270 g/mol. The lowest BCUT2D eigenvalue weighted by Crippen LogP contribution is -2.23. The highest BCUT2D eigenvalue weighted by Gasteiger charge is 2.14. The van der Waals surface area contributed by atoms with Crippen molar-refractivity contribution in [2.24, 2.45) is 0 Å². The third kappa shape index (κ3) is 3.64. The number of nitrogens with two attached hydrogens (primary N) is 1. The molecule has 1 atom stereocenters. The van der Waals surface area contributed by atoms with Crippen LogP contribution in [0.15, 0.2) is 18.2 Å². The van der Waals surface area contributed by atoms with Crippen molar-refractivity contribution in [2.45, 2.75) is 5.25 Å². The van der Waals surface area contributed by atoms with Gasteiger partial charge in [-0.05, 0) is 12.1 Å². The van der Waals surface area contributed by atoms with Gasteiger partial charge in [-0.3, -0.25) is 0 Å². The van der Waals surface area contributed by atoms with Gasteiger partial charge in [-0.1, -0.05) is 0 Å². The van der Waals surface area contributed by atoms with Crippen molar-refractivity contribution in [2.75, 3.05) is 42.0 Å². The first kappa shape index (κ1) is 12.8. The summed E-state index contributed by atoms with van der Waals surface area (Å²) in [5.41, 5.74) is 7.71. The second-order valence-electron chi connectivity index (χ2n) is 3.90. The van der Waals surface area contributed by atoms with Crippen molar-refractivity contribution in [3.63, 3.8) is 0 Å². The summed E-state index contributed by atoms with van der Waals surface area (Å²) in [6.07, 6.45) is 0. The van der Waals surface area contributed by atoms with E-state index in [1.54, 1.807) is 7.11 Å². The Bertz CT molecular complexity index is 368. The van der Waals surface area contributed by atoms with Crippen LogP contribution in [0.4, 0.5) is 11.4 Å². The second-order valence-corrected chi connectivity index (χ2v) is 6.46. The van der Waals surface area contributed by atoms with E-state index in [2.05, 4.69) is 5.32 Å². The lowest BCUT2D eigenvalue weighted by atomic mass is 10.2. The number of nitrogens with one attached hydrogen (secondary N) is 1. The van der Waals surface area contributed by atoms with Gasteiger partial charge < -0.3 is 15.8 Å². The fourth-order valence-electron chi connectivity index (χ4n) is 1.71. The summed E-state index contributed by atoms with van der Waals surface area (Å²) >= 11 is 4.08. The summed E-state index contributed by atoms with van der Waals surface area (Å²) in [5, 5.41) is 4.11. The average Bonchev–Trinajstić information content (AvgIpc) is 2.38. The zero-order chi connectivity index (χ0) is 12.1. The predicted molar refractivity (Wildman–Crippen MR) is 79.5 cm³/mol. The van der Waals surface area contributed by atoms with Gasteiger partial charge in [-0.2, -0.15) is 23.5 Å². The van der Waals surface area contributed by atoms with E-state index in [1.807, 2.05) is 41.7 Å². The lowest BCUT2D eigenvalue weighted by molar-refractivity contribution is 0.415. The highest BCUT2D eigenvalue weighted by atomic mass is 32.2. The largest absolute Gasteiger partial charge is 0.497 e. The molecule has 0 aliphatic carbocycles. The quantitative estimate of drug-likeness (QED) is 0.823. The van der Waals surface area contributed by atoms with E-state index in [0.717, 1.165) is 23.7 Å². The molecule has 17 heavy (non-hydrogen) atoms. The van der Waals surface area contributed by atoms with Crippen LogP contribution in [0.25, 0.3) is 0 Å². The Morgan fingerprint density at radius 3 is 3.00 bits per heavy atom. The maximum absolute atomic E-state index is 5.96. The molecule has 5 heteroatoms. The van der Waals surface area contributed by atoms with Crippen molar-refractivity contribution in [1.29, 1.82) is 0 Å². The summed E-state index contributed by atoms with van der Waals surface area (Å²) in [4.78, 5) is 0. The van der Waals surface area contributed by atoms with Gasteiger partial charge in [0.2, 0.25) is 0 Å². The summed E-state index contributed by atoms with van der Waals surface area (Å²) in [5.74, 6) is 4.57. The molecular weight excluding hydrogens is 252 g/mol. The smallest absolute Gasteiger partial charge is 0.121 e. The van der Waals surface area contributed by atoms with Crippen molar-refractivity contribution in [3.8, 4) is 5.75 Å². The van der Waals surface area contributed by atoms with Gasteiger partial charge in [0.1, 0.15) is 5.75 Å². The predicted octanol–water partition coefficient (Wildman–Crippen LogP) is 2.54. The van der Waals surface area contributed by atoms with E-state index in [-0.39, 0.29) is 0 Å². The summed E-state index contributed by atoms with van der Waals surface area (Å²) < 4.78 is 5.13. The van der Waals surface area contributed by atoms with Crippen LogP contribution in [0.2, 0.25) is 0 Å². The fraction of sp³-hybridized carbons (Fsp3) is 0.500. The second kappa shape index (κ2) is 6.31. The Morgan fingerprint density at radius 1 is 1.47 bits per heavy atom. The van der Waals surface area contributed by atoms with Gasteiger partial charge in [0.25, 0.3) is 0 Å². The third-order valence-corrected chi connectivity index (χ3v) is 5.51. The van der Waals surface area contributed by atoms with Crippen molar-refractivity contribution >= 4 is 34.9 Å². The minimum absolute atomic E-state index is 0.690. The number of nitrogen functional groups attached to an aromatic ring is 1. The Balaban J connectivity index is 1.89. The molecule has 3 N–H and O–H groups in total. The molecule has 1 aromatic carbocycles. The summed E-state index contributed by atoms with van der Waals surface area (Å²) in [6, 6.07) is 5.77. The maximum atomic E-state index is 5.96. The Morgan fingerprint density at radius 2 is 2.35 bits per heavy atom. The molecule has 2 rings (SSSR count). The molecule has 0 radical (unpaired) electrons. The standard InChI is InChI=1S/C12H18N2OS2/c1-15-9-2-3-12(11(13)6-9)14-7-10-8-16-4-5-17-10/h2-3,6,10,14H,4-5,7-8,13H2,1H3. The highest BCUT2D eigenvalue weighted by molar-refractivity contribution is 8.06. The molecule has 0 bridgehead atoms. The Labute approximate surface area is 111 Å². The van der Waals surface area contributed by atoms with Crippen LogP contribution < -0.4 is 15.8 Å². The maximum Gasteiger partial charge on any atom is 0.121 e. The number of hydrogen-bond acceptors (Lipinski definition) is 5. The van der Waals surface area contributed by atoms with Gasteiger partial charge >= 0.3 is 0 Å². The van der Waals surface area contributed by atoms with E-state index < -0.39 is 0 Å². The zero-order valence-corrected chi connectivity index (χ0v) is 11.6. The number of anilines is 2. The minimum atomic E-state index is 0.690. The molecule has 94 valence electrons. The molecule has 1 unspecified atom stereocenters. The van der Waals surface area contributed by atoms with E-state index in [4.69, 9.17) is 10.5 Å². The first-order valence-electron chi connectivity index (χ1n) is 5.66. The van der Waals surface area contributed by atoms with Crippen molar-refractivity contribution in [3.05, 3.63) is 18.2 Å². The third-order valence-electron chi connectivity index (χ3n) is 2.66. The van der Waals surface area contributed by atoms with Crippen LogP contribution in [0.5, 0.6) is 5.75 Å². The monoisotopic (exact) mass is 270 g/mol. The number of rotatable bonds is 4. The first-order chi connectivity index (χ1) is 8.29. The van der Waals surface area contributed by atoms with Crippen LogP contribution >= 0.6 is 23.5 Å². The lowest BCUT2D eigenvalue weighted by Gasteiger charge is -2.22. The van der Waals surface area contributed by atoms with Gasteiger partial charge in [0, 0.05) is 35.1 Å². The van der Waals surface area contributed by atoms with Crippen LogP contribution in [0.1, 0.15) is 0 Å². The topological polar surface area (TPSA) is 47.3 Å². The molecule has 1 fully saturated rings. The normalized spacial score (nSPS) is 19.9. The van der Waals surface area contributed by atoms with E-state index in [0.29, 0.717) is 5.25 Å². The number of methoxy groups -OCH3 is 1. The van der Waals surface area contributed by atoms with E-state index in [1.165, 1.54) is 17.3 Å². The molecule has 0 amide bonds. The van der Waals surface area contributed by atoms with E-state index in [9.17, 15) is 0 Å². The molecule has 3 nitrogen and oxygen atoms in total. The fourth-order valence-corrected chi connectivity index (χ4v) is 4.32. The summed E-state index contributed by atoms with van der Waals surface area (Å²) in [6.45, 7) is 0.980. The van der Waals surface area contributed by atoms with Crippen LogP contribution in [0, 0.1) is 0 Å². The molecule has 0 spiro atoms. The molecule has 0 aromatic heterocycles. The number of thioether (sulfide) groups is 2. The summed E-state index contributed by atoms with van der Waals surface area (Å²) in [7, 11) is 1.65. The van der Waals surface area contributed by atoms with Crippen LogP contribution in [-0.4, -0.2) is 36.2 Å². The van der Waals surface area contributed by atoms with E-state index >= 15 is 0 Å². The van der Waals surface area contributed by atoms with Crippen molar-refractivity contribution in [1.82, 2.24) is 0 Å². The first-order valence-corrected chi connectivity index (χ1v) is 7.86. The van der Waals surface area contributed by atoms with Gasteiger partial charge in [0.15, 0.2) is 0 Å². The Kier molecular flexibility index (Phi) is 4.74. The SMILES string of the molecule is COc1ccc(NCC2CSCCS2)c(N)c1. The molecule has 1 heterocycles. The van der Waals surface area contributed by atoms with Gasteiger partial charge in [-0.15, -0.1) is 0 Å². The highest BCUT2D eigenvalue weighted by Crippen LogP contribution is 2.27. The van der Waals surface area contributed by atoms with Crippen LogP contribution in [-0.2, 0) is 0 Å². The molecular formula is C12H18N2OS2. The number of benzene rings is 1.